The molecule has 138 valence electrons. The zero-order valence-electron chi connectivity index (χ0n) is 14.6. The molecule has 1 aliphatic rings. The number of hydrogen-bond acceptors (Lipinski definition) is 5. The SMILES string of the molecule is O=C(NN1C(=O)/C(=C\c2ccco2)SC1=Nc1ccccc1)c1ccccc1. The Bertz CT molecular complexity index is 1050. The second-order valence-corrected chi connectivity index (χ2v) is 6.81. The first-order valence-electron chi connectivity index (χ1n) is 8.48. The number of rotatable bonds is 4. The first-order valence-corrected chi connectivity index (χ1v) is 9.29. The Morgan fingerprint density at radius 1 is 1.00 bits per heavy atom. The monoisotopic (exact) mass is 389 g/mol. The number of hydrazine groups is 1. The maximum atomic E-state index is 12.9. The molecule has 1 fully saturated rings. The predicted octanol–water partition coefficient (Wildman–Crippen LogP) is 4.23. The second kappa shape index (κ2) is 7.98. The van der Waals surface area contributed by atoms with Gasteiger partial charge >= 0.3 is 0 Å². The Morgan fingerprint density at radius 2 is 1.71 bits per heavy atom. The fraction of sp³-hybridized carbons (Fsp3) is 0. The first kappa shape index (κ1) is 17.8. The number of amides is 2. The van der Waals surface area contributed by atoms with Crippen molar-refractivity contribution in [1.29, 1.82) is 0 Å². The van der Waals surface area contributed by atoms with Gasteiger partial charge in [-0.1, -0.05) is 36.4 Å². The molecule has 2 heterocycles. The third kappa shape index (κ3) is 3.89. The normalized spacial score (nSPS) is 16.7. The van der Waals surface area contributed by atoms with E-state index in [9.17, 15) is 9.59 Å². The molecule has 0 saturated carbocycles. The molecule has 0 spiro atoms. The van der Waals surface area contributed by atoms with Gasteiger partial charge in [-0.3, -0.25) is 15.0 Å². The highest BCUT2D eigenvalue weighted by Gasteiger charge is 2.35. The number of nitrogens with zero attached hydrogens (tertiary/aromatic N) is 2. The number of nitrogens with one attached hydrogen (secondary N) is 1. The molecular weight excluding hydrogens is 374 g/mol. The van der Waals surface area contributed by atoms with E-state index in [1.54, 1.807) is 42.5 Å². The Labute approximate surface area is 165 Å². The highest BCUT2D eigenvalue weighted by Crippen LogP contribution is 2.33. The van der Waals surface area contributed by atoms with Crippen molar-refractivity contribution < 1.29 is 14.0 Å². The average Bonchev–Trinajstić information content (AvgIpc) is 3.34. The number of aliphatic imine (C=N–C) groups is 1. The van der Waals surface area contributed by atoms with Crippen molar-refractivity contribution >= 4 is 40.5 Å². The largest absolute Gasteiger partial charge is 0.465 e. The molecule has 1 saturated heterocycles. The van der Waals surface area contributed by atoms with E-state index < -0.39 is 5.91 Å². The number of benzene rings is 2. The average molecular weight is 389 g/mol. The summed E-state index contributed by atoms with van der Waals surface area (Å²) in [5.41, 5.74) is 3.77. The Balaban J connectivity index is 1.66. The topological polar surface area (TPSA) is 74.9 Å². The molecule has 1 aliphatic heterocycles. The molecule has 4 rings (SSSR count). The lowest BCUT2D eigenvalue weighted by Crippen LogP contribution is -2.45. The first-order chi connectivity index (χ1) is 13.7. The molecule has 0 atom stereocenters. The fourth-order valence-corrected chi connectivity index (χ4v) is 3.44. The Hall–Kier alpha value is -3.58. The van der Waals surface area contributed by atoms with Crippen LogP contribution in [0.15, 0.2) is 93.4 Å². The quantitative estimate of drug-likeness (QED) is 0.678. The van der Waals surface area contributed by atoms with Gasteiger partial charge in [0.25, 0.3) is 11.8 Å². The van der Waals surface area contributed by atoms with Gasteiger partial charge in [0.15, 0.2) is 5.17 Å². The van der Waals surface area contributed by atoms with Gasteiger partial charge in [-0.05, 0) is 48.2 Å². The second-order valence-electron chi connectivity index (χ2n) is 5.80. The molecule has 2 amide bonds. The van der Waals surface area contributed by atoms with E-state index >= 15 is 0 Å². The van der Waals surface area contributed by atoms with Crippen molar-refractivity contribution in [2.45, 2.75) is 0 Å². The smallest absolute Gasteiger partial charge is 0.285 e. The van der Waals surface area contributed by atoms with Crippen LogP contribution >= 0.6 is 11.8 Å². The van der Waals surface area contributed by atoms with Crippen LogP contribution in [0, 0.1) is 0 Å². The molecule has 6 nitrogen and oxygen atoms in total. The van der Waals surface area contributed by atoms with Crippen molar-refractivity contribution in [2.24, 2.45) is 4.99 Å². The van der Waals surface area contributed by atoms with Crippen LogP contribution in [-0.2, 0) is 4.79 Å². The molecular formula is C21H15N3O3S. The van der Waals surface area contributed by atoms with Gasteiger partial charge in [-0.25, -0.2) is 4.99 Å². The molecule has 0 unspecified atom stereocenters. The maximum Gasteiger partial charge on any atom is 0.285 e. The van der Waals surface area contributed by atoms with E-state index in [2.05, 4.69) is 10.4 Å². The van der Waals surface area contributed by atoms with Crippen LogP contribution in [-0.4, -0.2) is 22.0 Å². The van der Waals surface area contributed by atoms with E-state index in [1.807, 2.05) is 36.4 Å². The summed E-state index contributed by atoms with van der Waals surface area (Å²) in [5, 5.41) is 1.53. The highest BCUT2D eigenvalue weighted by molar-refractivity contribution is 8.18. The number of amidine groups is 1. The van der Waals surface area contributed by atoms with E-state index in [4.69, 9.17) is 4.42 Å². The Morgan fingerprint density at radius 3 is 2.39 bits per heavy atom. The number of furan rings is 1. The molecule has 0 aliphatic carbocycles. The van der Waals surface area contributed by atoms with E-state index in [0.717, 1.165) is 0 Å². The predicted molar refractivity (Wildman–Crippen MR) is 109 cm³/mol. The van der Waals surface area contributed by atoms with Crippen LogP contribution in [0.2, 0.25) is 0 Å². The third-order valence-electron chi connectivity index (χ3n) is 3.85. The molecule has 3 aromatic rings. The molecule has 7 heteroatoms. The summed E-state index contributed by atoms with van der Waals surface area (Å²) in [4.78, 5) is 30.4. The van der Waals surface area contributed by atoms with Gasteiger partial charge in [-0.15, -0.1) is 0 Å². The number of carbonyl (C=O) groups is 2. The standard InChI is InChI=1S/C21H15N3O3S/c25-19(15-8-3-1-4-9-15)23-24-20(26)18(14-17-12-7-13-27-17)28-21(24)22-16-10-5-2-6-11-16/h1-14H,(H,23,25)/b18-14+,22-21?. The van der Waals surface area contributed by atoms with Crippen molar-refractivity contribution in [2.75, 3.05) is 0 Å². The van der Waals surface area contributed by atoms with Crippen molar-refractivity contribution in [1.82, 2.24) is 10.4 Å². The van der Waals surface area contributed by atoms with Crippen LogP contribution in [0.4, 0.5) is 5.69 Å². The zero-order chi connectivity index (χ0) is 19.3. The van der Waals surface area contributed by atoms with Gasteiger partial charge in [0.2, 0.25) is 0 Å². The van der Waals surface area contributed by atoms with Crippen LogP contribution in [0.25, 0.3) is 6.08 Å². The van der Waals surface area contributed by atoms with E-state index in [1.165, 1.54) is 23.0 Å². The lowest BCUT2D eigenvalue weighted by Gasteiger charge is -2.16. The van der Waals surface area contributed by atoms with Gasteiger partial charge in [0.05, 0.1) is 16.9 Å². The molecule has 28 heavy (non-hydrogen) atoms. The minimum Gasteiger partial charge on any atom is -0.465 e. The molecule has 0 bridgehead atoms. The molecule has 2 aromatic carbocycles. The van der Waals surface area contributed by atoms with Crippen LogP contribution < -0.4 is 5.43 Å². The lowest BCUT2D eigenvalue weighted by atomic mass is 10.2. The van der Waals surface area contributed by atoms with Crippen LogP contribution in [0.3, 0.4) is 0 Å². The minimum atomic E-state index is -0.394. The number of carbonyl (C=O) groups excluding carboxylic acids is 2. The lowest BCUT2D eigenvalue weighted by molar-refractivity contribution is -0.123. The third-order valence-corrected chi connectivity index (χ3v) is 4.82. The van der Waals surface area contributed by atoms with Crippen molar-refractivity contribution in [3.05, 3.63) is 95.3 Å². The summed E-state index contributed by atoms with van der Waals surface area (Å²) in [6.45, 7) is 0. The van der Waals surface area contributed by atoms with Crippen LogP contribution in [0.5, 0.6) is 0 Å². The summed E-state index contributed by atoms with van der Waals surface area (Å²) >= 11 is 1.17. The summed E-state index contributed by atoms with van der Waals surface area (Å²) in [6.07, 6.45) is 3.16. The minimum absolute atomic E-state index is 0.360. The number of hydrogen-bond donors (Lipinski definition) is 1. The van der Waals surface area contributed by atoms with E-state index in [0.29, 0.717) is 27.1 Å². The number of thioether (sulfide) groups is 1. The number of para-hydroxylation sites is 1. The van der Waals surface area contributed by atoms with Gasteiger partial charge in [-0.2, -0.15) is 5.01 Å². The van der Waals surface area contributed by atoms with Gasteiger partial charge in [0, 0.05) is 11.6 Å². The molecule has 1 aromatic heterocycles. The summed E-state index contributed by atoms with van der Waals surface area (Å²) in [7, 11) is 0. The fourth-order valence-electron chi connectivity index (χ4n) is 2.52. The molecule has 0 radical (unpaired) electrons. The van der Waals surface area contributed by atoms with Crippen molar-refractivity contribution in [3.63, 3.8) is 0 Å². The highest BCUT2D eigenvalue weighted by atomic mass is 32.2. The zero-order valence-corrected chi connectivity index (χ0v) is 15.4. The van der Waals surface area contributed by atoms with Gasteiger partial charge in [0.1, 0.15) is 5.76 Å². The summed E-state index contributed by atoms with van der Waals surface area (Å²) in [6, 6.07) is 21.4. The molecule has 1 N–H and O–H groups in total. The summed E-state index contributed by atoms with van der Waals surface area (Å²) < 4.78 is 5.30. The maximum absolute atomic E-state index is 12.9. The van der Waals surface area contributed by atoms with Crippen LogP contribution in [0.1, 0.15) is 16.1 Å². The van der Waals surface area contributed by atoms with Gasteiger partial charge < -0.3 is 4.42 Å². The van der Waals surface area contributed by atoms with E-state index in [-0.39, 0.29) is 5.91 Å². The Kier molecular flexibility index (Phi) is 5.07. The van der Waals surface area contributed by atoms with Crippen molar-refractivity contribution in [3.8, 4) is 0 Å². The summed E-state index contributed by atoms with van der Waals surface area (Å²) in [5.74, 6) is -0.221.